The van der Waals surface area contributed by atoms with Crippen LogP contribution in [0.25, 0.3) is 0 Å². The van der Waals surface area contributed by atoms with E-state index in [0.29, 0.717) is 0 Å². The summed E-state index contributed by atoms with van der Waals surface area (Å²) in [4.78, 5) is 2.32. The van der Waals surface area contributed by atoms with E-state index < -0.39 is 6.36 Å². The van der Waals surface area contributed by atoms with E-state index in [9.17, 15) is 13.2 Å². The summed E-state index contributed by atoms with van der Waals surface area (Å²) in [6.07, 6.45) is -0.151. The van der Waals surface area contributed by atoms with Crippen LogP contribution in [0.5, 0.6) is 5.75 Å². The standard InChI is InChI=1S/C13H15F3NO/c14-13(15,16)18-12-5-3-11(4-6-12)7-10-17-8-1-2-9-17/h3-7H,1-2,8-10H2. The predicted octanol–water partition coefficient (Wildman–Crippen LogP) is 3.23. The van der Waals surface area contributed by atoms with Crippen LogP contribution in [0.2, 0.25) is 0 Å². The maximum atomic E-state index is 12.0. The number of likely N-dealkylation sites (tertiary alicyclic amines) is 1. The molecule has 2 nitrogen and oxygen atoms in total. The molecule has 1 aromatic carbocycles. The van der Waals surface area contributed by atoms with Crippen LogP contribution in [0, 0.1) is 6.42 Å². The summed E-state index contributed by atoms with van der Waals surface area (Å²) in [6, 6.07) is 5.95. The van der Waals surface area contributed by atoms with Gasteiger partial charge >= 0.3 is 6.36 Å². The SMILES string of the molecule is FC(F)(F)Oc1ccc([CH]CN2CCCC2)cc1. The number of nitrogens with zero attached hydrogens (tertiary/aromatic N) is 1. The number of halogens is 3. The number of benzene rings is 1. The van der Waals surface area contributed by atoms with E-state index in [4.69, 9.17) is 0 Å². The zero-order valence-electron chi connectivity index (χ0n) is 9.91. The van der Waals surface area contributed by atoms with Crippen molar-refractivity contribution in [2.75, 3.05) is 19.6 Å². The lowest BCUT2D eigenvalue weighted by Crippen LogP contribution is -2.20. The normalized spacial score (nSPS) is 17.1. The summed E-state index contributed by atoms with van der Waals surface area (Å²) >= 11 is 0. The van der Waals surface area contributed by atoms with Gasteiger partial charge in [-0.1, -0.05) is 12.1 Å². The minimum absolute atomic E-state index is 0.180. The molecule has 1 saturated heterocycles. The molecule has 1 aliphatic rings. The fourth-order valence-electron chi connectivity index (χ4n) is 2.01. The second-order valence-corrected chi connectivity index (χ2v) is 4.33. The quantitative estimate of drug-likeness (QED) is 0.822. The van der Waals surface area contributed by atoms with E-state index >= 15 is 0 Å². The van der Waals surface area contributed by atoms with Crippen molar-refractivity contribution in [3.63, 3.8) is 0 Å². The van der Waals surface area contributed by atoms with Crippen LogP contribution < -0.4 is 4.74 Å². The summed E-state index contributed by atoms with van der Waals surface area (Å²) in [5.41, 5.74) is 0.913. The van der Waals surface area contributed by atoms with Crippen molar-refractivity contribution in [1.29, 1.82) is 0 Å². The lowest BCUT2D eigenvalue weighted by Gasteiger charge is -2.14. The van der Waals surface area contributed by atoms with Gasteiger partial charge in [-0.3, -0.25) is 0 Å². The van der Waals surface area contributed by atoms with Crippen molar-refractivity contribution in [2.24, 2.45) is 0 Å². The van der Waals surface area contributed by atoms with Gasteiger partial charge in [0.25, 0.3) is 0 Å². The van der Waals surface area contributed by atoms with Gasteiger partial charge in [0, 0.05) is 13.0 Å². The third kappa shape index (κ3) is 4.22. The molecule has 0 spiro atoms. The Bertz CT molecular complexity index is 369. The number of rotatable bonds is 4. The maximum absolute atomic E-state index is 12.0. The predicted molar refractivity (Wildman–Crippen MR) is 62.2 cm³/mol. The molecule has 0 saturated carbocycles. The highest BCUT2D eigenvalue weighted by molar-refractivity contribution is 5.31. The van der Waals surface area contributed by atoms with Crippen LogP contribution in [0.4, 0.5) is 13.2 Å². The zero-order valence-corrected chi connectivity index (χ0v) is 9.91. The molecule has 0 atom stereocenters. The van der Waals surface area contributed by atoms with E-state index in [-0.39, 0.29) is 5.75 Å². The van der Waals surface area contributed by atoms with Gasteiger partial charge in [0.2, 0.25) is 0 Å². The first-order chi connectivity index (χ1) is 8.53. The van der Waals surface area contributed by atoms with Crippen molar-refractivity contribution >= 4 is 0 Å². The minimum atomic E-state index is -4.62. The molecule has 0 aromatic heterocycles. The highest BCUT2D eigenvalue weighted by Crippen LogP contribution is 2.23. The summed E-state index contributed by atoms with van der Waals surface area (Å²) in [5, 5.41) is 0. The average molecular weight is 258 g/mol. The second kappa shape index (κ2) is 5.61. The van der Waals surface area contributed by atoms with Gasteiger partial charge in [0.15, 0.2) is 0 Å². The molecule has 5 heteroatoms. The molecular weight excluding hydrogens is 243 g/mol. The lowest BCUT2D eigenvalue weighted by molar-refractivity contribution is -0.274. The number of hydrogen-bond donors (Lipinski definition) is 0. The first-order valence-corrected chi connectivity index (χ1v) is 5.94. The van der Waals surface area contributed by atoms with Crippen molar-refractivity contribution in [2.45, 2.75) is 19.2 Å². The Labute approximate surface area is 104 Å². The third-order valence-electron chi connectivity index (χ3n) is 2.90. The molecule has 0 bridgehead atoms. The van der Waals surface area contributed by atoms with Gasteiger partial charge in [-0.15, -0.1) is 13.2 Å². The molecule has 0 amide bonds. The number of ether oxygens (including phenoxy) is 1. The van der Waals surface area contributed by atoms with E-state index in [2.05, 4.69) is 9.64 Å². The summed E-state index contributed by atoms with van der Waals surface area (Å²) < 4.78 is 39.7. The Morgan fingerprint density at radius 2 is 1.72 bits per heavy atom. The smallest absolute Gasteiger partial charge is 0.406 e. The molecule has 1 heterocycles. The maximum Gasteiger partial charge on any atom is 0.573 e. The molecule has 99 valence electrons. The van der Waals surface area contributed by atoms with Crippen LogP contribution in [0.3, 0.4) is 0 Å². The first-order valence-electron chi connectivity index (χ1n) is 5.94. The van der Waals surface area contributed by atoms with Crippen molar-refractivity contribution in [3.05, 3.63) is 36.2 Å². The largest absolute Gasteiger partial charge is 0.573 e. The Morgan fingerprint density at radius 1 is 1.11 bits per heavy atom. The fourth-order valence-corrected chi connectivity index (χ4v) is 2.01. The van der Waals surface area contributed by atoms with Crippen LogP contribution in [-0.4, -0.2) is 30.9 Å². The molecule has 0 unspecified atom stereocenters. The highest BCUT2D eigenvalue weighted by Gasteiger charge is 2.30. The summed E-state index contributed by atoms with van der Waals surface area (Å²) in [6.45, 7) is 3.05. The first kappa shape index (κ1) is 13.2. The van der Waals surface area contributed by atoms with E-state index in [1.54, 1.807) is 12.1 Å². The van der Waals surface area contributed by atoms with Gasteiger partial charge in [-0.05, 0) is 43.6 Å². The molecule has 0 aliphatic carbocycles. The molecule has 1 radical (unpaired) electrons. The second-order valence-electron chi connectivity index (χ2n) is 4.33. The fraction of sp³-hybridized carbons (Fsp3) is 0.462. The van der Waals surface area contributed by atoms with E-state index in [1.807, 2.05) is 6.42 Å². The van der Waals surface area contributed by atoms with Gasteiger partial charge in [0.1, 0.15) is 5.75 Å². The topological polar surface area (TPSA) is 12.5 Å². The summed E-state index contributed by atoms with van der Waals surface area (Å²) in [5.74, 6) is -0.180. The van der Waals surface area contributed by atoms with E-state index in [1.165, 1.54) is 25.0 Å². The molecular formula is C13H15F3NO. The van der Waals surface area contributed by atoms with Crippen LogP contribution >= 0.6 is 0 Å². The van der Waals surface area contributed by atoms with Gasteiger partial charge in [-0.2, -0.15) is 0 Å². The van der Waals surface area contributed by atoms with Crippen molar-refractivity contribution in [1.82, 2.24) is 4.90 Å². The Morgan fingerprint density at radius 3 is 2.28 bits per heavy atom. The number of alkyl halides is 3. The third-order valence-corrected chi connectivity index (χ3v) is 2.90. The molecule has 1 fully saturated rings. The van der Waals surface area contributed by atoms with Crippen molar-refractivity contribution in [3.8, 4) is 5.75 Å². The van der Waals surface area contributed by atoms with Gasteiger partial charge in [-0.25, -0.2) is 0 Å². The molecule has 1 aromatic rings. The Kier molecular flexibility index (Phi) is 4.11. The molecule has 2 rings (SSSR count). The molecule has 1 aliphatic heterocycles. The lowest BCUT2D eigenvalue weighted by atomic mass is 10.1. The van der Waals surface area contributed by atoms with Crippen LogP contribution in [0.1, 0.15) is 18.4 Å². The summed E-state index contributed by atoms with van der Waals surface area (Å²) in [7, 11) is 0. The Balaban J connectivity index is 1.83. The molecule has 18 heavy (non-hydrogen) atoms. The van der Waals surface area contributed by atoms with Crippen LogP contribution in [0.15, 0.2) is 24.3 Å². The zero-order chi connectivity index (χ0) is 13.0. The number of hydrogen-bond acceptors (Lipinski definition) is 2. The minimum Gasteiger partial charge on any atom is -0.406 e. The van der Waals surface area contributed by atoms with Crippen LogP contribution in [-0.2, 0) is 0 Å². The monoisotopic (exact) mass is 258 g/mol. The van der Waals surface area contributed by atoms with Gasteiger partial charge < -0.3 is 9.64 Å². The molecule has 0 N–H and O–H groups in total. The van der Waals surface area contributed by atoms with E-state index in [0.717, 1.165) is 25.2 Å². The van der Waals surface area contributed by atoms with Gasteiger partial charge in [0.05, 0.1) is 0 Å². The highest BCUT2D eigenvalue weighted by atomic mass is 19.4. The van der Waals surface area contributed by atoms with Crippen molar-refractivity contribution < 1.29 is 17.9 Å². The average Bonchev–Trinajstić information content (AvgIpc) is 2.79. The Hall–Kier alpha value is -1.23.